The van der Waals surface area contributed by atoms with Crippen LogP contribution >= 0.6 is 0 Å². The fourth-order valence-electron chi connectivity index (χ4n) is 2.53. The second-order valence-corrected chi connectivity index (χ2v) is 5.95. The second-order valence-electron chi connectivity index (χ2n) is 5.95. The van der Waals surface area contributed by atoms with Gasteiger partial charge in [0, 0.05) is 19.3 Å². The Morgan fingerprint density at radius 2 is 2.00 bits per heavy atom. The maximum atomic E-state index is 12.5. The molecule has 0 aliphatic heterocycles. The van der Waals surface area contributed by atoms with Crippen molar-refractivity contribution in [3.8, 4) is 0 Å². The fraction of sp³-hybridized carbons (Fsp3) is 0.421. The zero-order valence-electron chi connectivity index (χ0n) is 15.0. The first-order valence-corrected chi connectivity index (χ1v) is 8.49. The summed E-state index contributed by atoms with van der Waals surface area (Å²) in [7, 11) is 1.99. The highest BCUT2D eigenvalue weighted by Crippen LogP contribution is 2.21. The first-order chi connectivity index (χ1) is 11.6. The third-order valence-corrected chi connectivity index (χ3v) is 4.09. The Morgan fingerprint density at radius 3 is 2.62 bits per heavy atom. The number of amides is 1. The van der Waals surface area contributed by atoms with Crippen molar-refractivity contribution in [1.29, 1.82) is 0 Å². The van der Waals surface area contributed by atoms with Crippen molar-refractivity contribution in [3.63, 3.8) is 0 Å². The topological polar surface area (TPSA) is 58.1 Å². The van der Waals surface area contributed by atoms with Crippen LogP contribution in [0.4, 0.5) is 11.5 Å². The highest BCUT2D eigenvalue weighted by molar-refractivity contribution is 6.03. The quantitative estimate of drug-likeness (QED) is 0.840. The number of benzene rings is 1. The van der Waals surface area contributed by atoms with Crippen LogP contribution in [0, 0.1) is 6.92 Å². The molecule has 1 heterocycles. The lowest BCUT2D eigenvalue weighted by molar-refractivity contribution is 0.102. The van der Waals surface area contributed by atoms with Gasteiger partial charge in [0.15, 0.2) is 0 Å². The monoisotopic (exact) mass is 326 g/mol. The lowest BCUT2D eigenvalue weighted by Crippen LogP contribution is -2.21. The Bertz CT molecular complexity index is 682. The van der Waals surface area contributed by atoms with E-state index in [0.717, 1.165) is 48.4 Å². The van der Waals surface area contributed by atoms with Gasteiger partial charge in [0.2, 0.25) is 0 Å². The van der Waals surface area contributed by atoms with Crippen molar-refractivity contribution in [1.82, 2.24) is 9.97 Å². The molecule has 0 radical (unpaired) electrons. The van der Waals surface area contributed by atoms with Gasteiger partial charge in [0.1, 0.15) is 11.5 Å². The summed E-state index contributed by atoms with van der Waals surface area (Å²) in [5.41, 5.74) is 3.36. The van der Waals surface area contributed by atoms with Gasteiger partial charge in [-0.05, 0) is 30.9 Å². The summed E-state index contributed by atoms with van der Waals surface area (Å²) in [4.78, 5) is 23.1. The standard InChI is InChI=1S/C19H26N4O/c1-5-7-11-23(4)17-13-20-16(12-21-17)19(24)22-18-14(3)9-8-10-15(18)6-2/h8-10,12-13H,5-7,11H2,1-4H3,(H,22,24). The number of rotatable bonds is 7. The molecule has 2 aromatic rings. The van der Waals surface area contributed by atoms with Gasteiger partial charge < -0.3 is 10.2 Å². The molecule has 5 nitrogen and oxygen atoms in total. The summed E-state index contributed by atoms with van der Waals surface area (Å²) >= 11 is 0. The molecule has 128 valence electrons. The van der Waals surface area contributed by atoms with Gasteiger partial charge in [0.25, 0.3) is 5.91 Å². The summed E-state index contributed by atoms with van der Waals surface area (Å²) in [5.74, 6) is 0.555. The zero-order chi connectivity index (χ0) is 17.5. The van der Waals surface area contributed by atoms with Crippen molar-refractivity contribution in [2.75, 3.05) is 23.8 Å². The predicted molar refractivity (Wildman–Crippen MR) is 98.7 cm³/mol. The van der Waals surface area contributed by atoms with Gasteiger partial charge >= 0.3 is 0 Å². The Kier molecular flexibility index (Phi) is 6.29. The number of aryl methyl sites for hydroxylation is 2. The van der Waals surface area contributed by atoms with Crippen LogP contribution in [-0.2, 0) is 6.42 Å². The van der Waals surface area contributed by atoms with E-state index in [1.165, 1.54) is 6.20 Å². The number of carbonyl (C=O) groups is 1. The van der Waals surface area contributed by atoms with Crippen LogP contribution in [-0.4, -0.2) is 29.5 Å². The SMILES string of the molecule is CCCCN(C)c1cnc(C(=O)Nc2c(C)cccc2CC)cn1. The van der Waals surface area contributed by atoms with E-state index >= 15 is 0 Å². The molecule has 0 bridgehead atoms. The van der Waals surface area contributed by atoms with Crippen molar-refractivity contribution >= 4 is 17.4 Å². The van der Waals surface area contributed by atoms with Crippen LogP contribution in [0.15, 0.2) is 30.6 Å². The molecule has 1 aromatic heterocycles. The molecule has 1 N–H and O–H groups in total. The molecule has 0 unspecified atom stereocenters. The number of para-hydroxylation sites is 1. The number of anilines is 2. The van der Waals surface area contributed by atoms with Crippen molar-refractivity contribution < 1.29 is 4.79 Å². The van der Waals surface area contributed by atoms with Crippen LogP contribution in [0.3, 0.4) is 0 Å². The number of nitrogens with zero attached hydrogens (tertiary/aromatic N) is 3. The van der Waals surface area contributed by atoms with Crippen LogP contribution < -0.4 is 10.2 Å². The predicted octanol–water partition coefficient (Wildman–Crippen LogP) is 3.84. The third kappa shape index (κ3) is 4.31. The minimum atomic E-state index is -0.228. The van der Waals surface area contributed by atoms with E-state index in [4.69, 9.17) is 0 Å². The Morgan fingerprint density at radius 1 is 1.21 bits per heavy atom. The average molecular weight is 326 g/mol. The summed E-state index contributed by atoms with van der Waals surface area (Å²) in [6.07, 6.45) is 6.30. The number of unbranched alkanes of at least 4 members (excludes halogenated alkanes) is 1. The third-order valence-electron chi connectivity index (χ3n) is 4.09. The lowest BCUT2D eigenvalue weighted by atomic mass is 10.1. The van der Waals surface area contributed by atoms with E-state index < -0.39 is 0 Å². The van der Waals surface area contributed by atoms with Gasteiger partial charge in [-0.25, -0.2) is 9.97 Å². The van der Waals surface area contributed by atoms with Crippen molar-refractivity contribution in [3.05, 3.63) is 47.4 Å². The number of hydrogen-bond donors (Lipinski definition) is 1. The van der Waals surface area contributed by atoms with E-state index in [1.54, 1.807) is 6.20 Å². The first kappa shape index (κ1) is 17.9. The maximum Gasteiger partial charge on any atom is 0.275 e. The van der Waals surface area contributed by atoms with E-state index in [9.17, 15) is 4.79 Å². The largest absolute Gasteiger partial charge is 0.358 e. The molecule has 0 fully saturated rings. The summed E-state index contributed by atoms with van der Waals surface area (Å²) in [5, 5.41) is 2.97. The molecule has 0 atom stereocenters. The van der Waals surface area contributed by atoms with Gasteiger partial charge in [-0.3, -0.25) is 4.79 Å². The normalized spacial score (nSPS) is 10.5. The Labute approximate surface area is 144 Å². The molecule has 0 saturated carbocycles. The van der Waals surface area contributed by atoms with Gasteiger partial charge in [-0.15, -0.1) is 0 Å². The van der Waals surface area contributed by atoms with E-state index in [0.29, 0.717) is 5.69 Å². The molecule has 24 heavy (non-hydrogen) atoms. The van der Waals surface area contributed by atoms with Crippen molar-refractivity contribution in [2.24, 2.45) is 0 Å². The number of nitrogens with one attached hydrogen (secondary N) is 1. The van der Waals surface area contributed by atoms with Gasteiger partial charge in [0.05, 0.1) is 12.4 Å². The number of aromatic nitrogens is 2. The average Bonchev–Trinajstić information content (AvgIpc) is 2.61. The second kappa shape index (κ2) is 8.43. The van der Waals surface area contributed by atoms with Crippen LogP contribution in [0.2, 0.25) is 0 Å². The first-order valence-electron chi connectivity index (χ1n) is 8.49. The maximum absolute atomic E-state index is 12.5. The molecule has 0 spiro atoms. The van der Waals surface area contributed by atoms with Gasteiger partial charge in [-0.2, -0.15) is 0 Å². The smallest absolute Gasteiger partial charge is 0.275 e. The molecular formula is C19H26N4O. The molecule has 5 heteroatoms. The molecule has 1 amide bonds. The van der Waals surface area contributed by atoms with E-state index in [-0.39, 0.29) is 5.91 Å². The van der Waals surface area contributed by atoms with Gasteiger partial charge in [-0.1, -0.05) is 38.5 Å². The van der Waals surface area contributed by atoms with E-state index in [1.807, 2.05) is 32.2 Å². The Hall–Kier alpha value is -2.43. The summed E-state index contributed by atoms with van der Waals surface area (Å²) < 4.78 is 0. The molecule has 0 aliphatic rings. The minimum Gasteiger partial charge on any atom is -0.358 e. The molecule has 0 saturated heterocycles. The molecular weight excluding hydrogens is 300 g/mol. The minimum absolute atomic E-state index is 0.228. The van der Waals surface area contributed by atoms with Crippen LogP contribution in [0.5, 0.6) is 0 Å². The summed E-state index contributed by atoms with van der Waals surface area (Å²) in [6, 6.07) is 6.02. The van der Waals surface area contributed by atoms with Crippen LogP contribution in [0.25, 0.3) is 0 Å². The highest BCUT2D eigenvalue weighted by atomic mass is 16.1. The fourth-order valence-corrected chi connectivity index (χ4v) is 2.53. The number of hydrogen-bond acceptors (Lipinski definition) is 4. The van der Waals surface area contributed by atoms with Crippen LogP contribution in [0.1, 0.15) is 48.3 Å². The summed E-state index contributed by atoms with van der Waals surface area (Å²) in [6.45, 7) is 7.15. The molecule has 0 aliphatic carbocycles. The number of carbonyl (C=O) groups excluding carboxylic acids is 1. The molecule has 1 aromatic carbocycles. The van der Waals surface area contributed by atoms with Crippen molar-refractivity contribution in [2.45, 2.75) is 40.0 Å². The highest BCUT2D eigenvalue weighted by Gasteiger charge is 2.13. The Balaban J connectivity index is 2.11. The molecule has 2 rings (SSSR count). The van der Waals surface area contributed by atoms with E-state index in [2.05, 4.69) is 34.0 Å². The lowest BCUT2D eigenvalue weighted by Gasteiger charge is -2.17. The zero-order valence-corrected chi connectivity index (χ0v) is 15.0.